The van der Waals surface area contributed by atoms with Gasteiger partial charge in [0.05, 0.1) is 0 Å². The lowest BCUT2D eigenvalue weighted by molar-refractivity contribution is -0.166. The minimum Gasteiger partial charge on any atom is -0.462 e. The van der Waals surface area contributed by atoms with Crippen LogP contribution >= 0.6 is 0 Å². The van der Waals surface area contributed by atoms with Gasteiger partial charge in [0.1, 0.15) is 13.2 Å². The topological polar surface area (TPSA) is 78.9 Å². The maximum absolute atomic E-state index is 12.7. The molecular formula is C50H84O6. The Morgan fingerprint density at radius 1 is 0.375 bits per heavy atom. The Kier molecular flexibility index (Phi) is 42.1. The highest BCUT2D eigenvalue weighted by Gasteiger charge is 2.19. The number of esters is 3. The number of allylic oxidation sites excluding steroid dienone is 12. The van der Waals surface area contributed by atoms with Gasteiger partial charge in [-0.2, -0.15) is 0 Å². The molecule has 6 heteroatoms. The van der Waals surface area contributed by atoms with Gasteiger partial charge in [0.25, 0.3) is 0 Å². The van der Waals surface area contributed by atoms with Crippen LogP contribution in [0.15, 0.2) is 72.9 Å². The molecule has 0 aliphatic carbocycles. The molecule has 320 valence electrons. The first-order valence-corrected chi connectivity index (χ1v) is 22.9. The number of hydrogen-bond donors (Lipinski definition) is 0. The molecule has 0 saturated carbocycles. The molecule has 56 heavy (non-hydrogen) atoms. The van der Waals surface area contributed by atoms with Crippen molar-refractivity contribution >= 4 is 17.9 Å². The van der Waals surface area contributed by atoms with Crippen LogP contribution in [0.4, 0.5) is 0 Å². The summed E-state index contributed by atoms with van der Waals surface area (Å²) in [5.41, 5.74) is 0. The Morgan fingerprint density at radius 3 is 1.20 bits per heavy atom. The molecule has 0 rings (SSSR count). The van der Waals surface area contributed by atoms with E-state index in [0.29, 0.717) is 19.3 Å². The van der Waals surface area contributed by atoms with E-state index < -0.39 is 12.1 Å². The van der Waals surface area contributed by atoms with Crippen molar-refractivity contribution in [3.8, 4) is 0 Å². The van der Waals surface area contributed by atoms with Crippen molar-refractivity contribution in [1.82, 2.24) is 0 Å². The smallest absolute Gasteiger partial charge is 0.306 e. The second-order valence-electron chi connectivity index (χ2n) is 14.9. The molecule has 0 radical (unpaired) electrons. The molecule has 0 aliphatic rings. The summed E-state index contributed by atoms with van der Waals surface area (Å²) in [5.74, 6) is -1.01. The Labute approximate surface area is 344 Å². The average Bonchev–Trinajstić information content (AvgIpc) is 3.19. The van der Waals surface area contributed by atoms with Crippen molar-refractivity contribution in [2.45, 2.75) is 213 Å². The summed E-state index contributed by atoms with van der Waals surface area (Å²) in [6, 6.07) is 0. The summed E-state index contributed by atoms with van der Waals surface area (Å²) in [5, 5.41) is 0. The second-order valence-corrected chi connectivity index (χ2v) is 14.9. The van der Waals surface area contributed by atoms with E-state index in [2.05, 4.69) is 81.5 Å². The molecule has 0 spiro atoms. The lowest BCUT2D eigenvalue weighted by atomic mass is 10.1. The van der Waals surface area contributed by atoms with Gasteiger partial charge >= 0.3 is 17.9 Å². The predicted octanol–water partition coefficient (Wildman–Crippen LogP) is 14.7. The lowest BCUT2D eigenvalue weighted by Gasteiger charge is -2.18. The third kappa shape index (κ3) is 42.0. The van der Waals surface area contributed by atoms with E-state index in [-0.39, 0.29) is 31.6 Å². The molecule has 0 fully saturated rings. The number of rotatable bonds is 40. The minimum absolute atomic E-state index is 0.108. The summed E-state index contributed by atoms with van der Waals surface area (Å²) >= 11 is 0. The number of carbonyl (C=O) groups is 3. The molecule has 0 heterocycles. The van der Waals surface area contributed by atoms with Gasteiger partial charge in [0.2, 0.25) is 0 Å². The van der Waals surface area contributed by atoms with E-state index >= 15 is 0 Å². The normalized spacial score (nSPS) is 12.7. The van der Waals surface area contributed by atoms with Crippen molar-refractivity contribution in [2.24, 2.45) is 0 Å². The van der Waals surface area contributed by atoms with Crippen molar-refractivity contribution < 1.29 is 28.6 Å². The van der Waals surface area contributed by atoms with Crippen molar-refractivity contribution in [1.29, 1.82) is 0 Å². The summed E-state index contributed by atoms with van der Waals surface area (Å²) in [7, 11) is 0. The summed E-state index contributed by atoms with van der Waals surface area (Å²) in [6.07, 6.45) is 54.7. The van der Waals surface area contributed by atoms with Gasteiger partial charge in [0.15, 0.2) is 6.10 Å². The monoisotopic (exact) mass is 781 g/mol. The third-order valence-electron chi connectivity index (χ3n) is 9.46. The molecule has 0 aliphatic heterocycles. The number of unbranched alkanes of at least 4 members (excludes halogenated alkanes) is 17. The van der Waals surface area contributed by atoms with Crippen molar-refractivity contribution in [3.63, 3.8) is 0 Å². The summed E-state index contributed by atoms with van der Waals surface area (Å²) < 4.78 is 16.6. The SMILES string of the molecule is CC/C=C\C/C=C\C/C=C\C/C=C\CCC(=O)OC(COC(=O)CCCCCCC/C=C\C/C=C\CCCCC)COC(=O)CCCCCCCCCCCC. The fraction of sp³-hybridized carbons (Fsp3) is 0.700. The zero-order chi connectivity index (χ0) is 40.8. The molecule has 0 aromatic rings. The van der Waals surface area contributed by atoms with Crippen LogP contribution in [0, 0.1) is 0 Å². The van der Waals surface area contributed by atoms with Gasteiger partial charge in [-0.05, 0) is 77.0 Å². The van der Waals surface area contributed by atoms with Crippen molar-refractivity contribution in [2.75, 3.05) is 13.2 Å². The largest absolute Gasteiger partial charge is 0.462 e. The lowest BCUT2D eigenvalue weighted by Crippen LogP contribution is -2.30. The van der Waals surface area contributed by atoms with E-state index in [9.17, 15) is 14.4 Å². The maximum Gasteiger partial charge on any atom is 0.306 e. The van der Waals surface area contributed by atoms with Crippen LogP contribution in [0.5, 0.6) is 0 Å². The highest BCUT2D eigenvalue weighted by molar-refractivity contribution is 5.71. The molecule has 1 unspecified atom stereocenters. The first kappa shape index (κ1) is 52.9. The Morgan fingerprint density at radius 2 is 0.732 bits per heavy atom. The van der Waals surface area contributed by atoms with Gasteiger partial charge in [-0.1, -0.05) is 184 Å². The average molecular weight is 781 g/mol. The van der Waals surface area contributed by atoms with Crippen LogP contribution in [-0.2, 0) is 28.6 Å². The molecule has 0 saturated heterocycles. The number of ether oxygens (including phenoxy) is 3. The fourth-order valence-electron chi connectivity index (χ4n) is 6.01. The predicted molar refractivity (Wildman–Crippen MR) is 238 cm³/mol. The summed E-state index contributed by atoms with van der Waals surface area (Å²) in [4.78, 5) is 37.7. The third-order valence-corrected chi connectivity index (χ3v) is 9.46. The Hall–Kier alpha value is -3.15. The molecule has 0 amide bonds. The highest BCUT2D eigenvalue weighted by Crippen LogP contribution is 2.13. The van der Waals surface area contributed by atoms with E-state index in [0.717, 1.165) is 89.9 Å². The zero-order valence-corrected chi connectivity index (χ0v) is 36.4. The van der Waals surface area contributed by atoms with Gasteiger partial charge in [-0.15, -0.1) is 0 Å². The quantitative estimate of drug-likeness (QED) is 0.0267. The maximum atomic E-state index is 12.7. The van der Waals surface area contributed by atoms with Crippen molar-refractivity contribution in [3.05, 3.63) is 72.9 Å². The standard InChI is InChI=1S/C50H84O6/c1-4-7-10-13-16-19-22-24-25-27-28-31-34-37-40-43-49(52)55-46-47(45-54-48(51)42-39-36-33-30-21-18-15-12-9-6-3)56-50(53)44-41-38-35-32-29-26-23-20-17-14-11-8-5-2/h8,11,16-17,19-20,24-26,29,35,38,47H,4-7,9-10,12-15,18,21-23,27-28,30-34,36-37,39-46H2,1-3H3/b11-8-,19-16-,20-17-,25-24-,29-26-,38-35-. The van der Waals surface area contributed by atoms with Gasteiger partial charge < -0.3 is 14.2 Å². The highest BCUT2D eigenvalue weighted by atomic mass is 16.6. The van der Waals surface area contributed by atoms with Gasteiger partial charge in [-0.25, -0.2) is 0 Å². The van der Waals surface area contributed by atoms with Crippen LogP contribution in [0.25, 0.3) is 0 Å². The Bertz CT molecular complexity index is 1080. The number of carbonyl (C=O) groups excluding carboxylic acids is 3. The molecular weight excluding hydrogens is 697 g/mol. The van der Waals surface area contributed by atoms with Crippen LogP contribution in [0.2, 0.25) is 0 Å². The molecule has 0 bridgehead atoms. The van der Waals surface area contributed by atoms with E-state index in [4.69, 9.17) is 14.2 Å². The molecule has 6 nitrogen and oxygen atoms in total. The molecule has 0 N–H and O–H groups in total. The van der Waals surface area contributed by atoms with Gasteiger partial charge in [-0.3, -0.25) is 14.4 Å². The van der Waals surface area contributed by atoms with E-state index in [1.807, 2.05) is 12.2 Å². The van der Waals surface area contributed by atoms with Crippen LogP contribution in [0.3, 0.4) is 0 Å². The van der Waals surface area contributed by atoms with E-state index in [1.54, 1.807) is 0 Å². The first-order chi connectivity index (χ1) is 27.5. The number of hydrogen-bond acceptors (Lipinski definition) is 6. The van der Waals surface area contributed by atoms with Gasteiger partial charge in [0, 0.05) is 19.3 Å². The molecule has 0 aromatic heterocycles. The van der Waals surface area contributed by atoms with Crippen LogP contribution in [0.1, 0.15) is 207 Å². The second kappa shape index (κ2) is 44.6. The molecule has 0 aromatic carbocycles. The molecule has 1 atom stereocenters. The summed E-state index contributed by atoms with van der Waals surface area (Å²) in [6.45, 7) is 6.39. The van der Waals surface area contributed by atoms with Crippen LogP contribution < -0.4 is 0 Å². The zero-order valence-electron chi connectivity index (χ0n) is 36.4. The minimum atomic E-state index is -0.815. The first-order valence-electron chi connectivity index (χ1n) is 22.9. The van der Waals surface area contributed by atoms with E-state index in [1.165, 1.54) is 70.6 Å². The fourth-order valence-corrected chi connectivity index (χ4v) is 6.01. The van der Waals surface area contributed by atoms with Crippen LogP contribution in [-0.4, -0.2) is 37.2 Å². The Balaban J connectivity index is 4.49.